The van der Waals surface area contributed by atoms with Crippen LogP contribution < -0.4 is 16.0 Å². The standard InChI is InChI=1S/C19H24ClN3O2.ClH/c20-13-3-4-16(14(9-13)17(24)22-11-12-1-2-12)23-18(25)15-10-19(15)5-7-21-8-6-19;/h3-4,9,12,15,21H,1-2,5-8,10-11H2,(H,22,24)(H,23,25);1H. The molecule has 1 saturated heterocycles. The van der Waals surface area contributed by atoms with Crippen molar-refractivity contribution in [2.75, 3.05) is 25.0 Å². The van der Waals surface area contributed by atoms with Crippen LogP contribution in [0.1, 0.15) is 42.5 Å². The van der Waals surface area contributed by atoms with Gasteiger partial charge in [0.25, 0.3) is 5.91 Å². The molecule has 7 heteroatoms. The van der Waals surface area contributed by atoms with Crippen LogP contribution in [0.3, 0.4) is 0 Å². The molecule has 0 radical (unpaired) electrons. The summed E-state index contributed by atoms with van der Waals surface area (Å²) in [5.41, 5.74) is 1.18. The first kappa shape index (κ1) is 19.5. The maximum absolute atomic E-state index is 12.7. The Morgan fingerprint density at radius 3 is 2.65 bits per heavy atom. The van der Waals surface area contributed by atoms with Gasteiger partial charge >= 0.3 is 0 Å². The van der Waals surface area contributed by atoms with Gasteiger partial charge in [-0.15, -0.1) is 12.4 Å². The van der Waals surface area contributed by atoms with Crippen LogP contribution in [0.5, 0.6) is 0 Å². The second-order valence-electron chi connectivity index (χ2n) is 7.70. The largest absolute Gasteiger partial charge is 0.352 e. The van der Waals surface area contributed by atoms with Crippen molar-refractivity contribution in [1.29, 1.82) is 0 Å². The quantitative estimate of drug-likeness (QED) is 0.713. The minimum atomic E-state index is -0.169. The maximum atomic E-state index is 12.7. The number of benzene rings is 1. The van der Waals surface area contributed by atoms with E-state index in [2.05, 4.69) is 16.0 Å². The average Bonchev–Trinajstić information content (AvgIpc) is 3.52. The van der Waals surface area contributed by atoms with Crippen LogP contribution in [-0.2, 0) is 4.79 Å². The zero-order valence-corrected chi connectivity index (χ0v) is 16.2. The highest BCUT2D eigenvalue weighted by Crippen LogP contribution is 2.58. The number of piperidine rings is 1. The van der Waals surface area contributed by atoms with E-state index in [0.29, 0.717) is 28.7 Å². The van der Waals surface area contributed by atoms with Crippen molar-refractivity contribution in [3.63, 3.8) is 0 Å². The number of amides is 2. The third-order valence-electron chi connectivity index (χ3n) is 5.84. The molecule has 26 heavy (non-hydrogen) atoms. The third kappa shape index (κ3) is 4.16. The van der Waals surface area contributed by atoms with Gasteiger partial charge in [-0.05, 0) is 74.7 Å². The molecule has 1 aromatic carbocycles. The first-order valence-corrected chi connectivity index (χ1v) is 9.54. The molecule has 4 rings (SSSR count). The Labute approximate surface area is 165 Å². The zero-order valence-electron chi connectivity index (χ0n) is 14.6. The smallest absolute Gasteiger partial charge is 0.253 e. The summed E-state index contributed by atoms with van der Waals surface area (Å²) in [7, 11) is 0. The predicted octanol–water partition coefficient (Wildman–Crippen LogP) is 3.23. The van der Waals surface area contributed by atoms with E-state index in [-0.39, 0.29) is 35.6 Å². The Morgan fingerprint density at radius 1 is 1.23 bits per heavy atom. The molecule has 142 valence electrons. The number of halogens is 2. The van der Waals surface area contributed by atoms with E-state index in [0.717, 1.165) is 32.4 Å². The number of carbonyl (C=O) groups is 2. The Kier molecular flexibility index (Phi) is 5.80. The highest BCUT2D eigenvalue weighted by Gasteiger charge is 2.57. The summed E-state index contributed by atoms with van der Waals surface area (Å²) >= 11 is 6.06. The molecule has 5 nitrogen and oxygen atoms in total. The summed E-state index contributed by atoms with van der Waals surface area (Å²) in [5, 5.41) is 9.77. The van der Waals surface area contributed by atoms with E-state index in [4.69, 9.17) is 11.6 Å². The van der Waals surface area contributed by atoms with Gasteiger partial charge in [-0.25, -0.2) is 0 Å². The first-order chi connectivity index (χ1) is 12.1. The molecule has 1 aliphatic heterocycles. The van der Waals surface area contributed by atoms with Crippen LogP contribution in [0.2, 0.25) is 5.02 Å². The van der Waals surface area contributed by atoms with E-state index in [1.165, 1.54) is 12.8 Å². The van der Waals surface area contributed by atoms with Crippen molar-refractivity contribution < 1.29 is 9.59 Å². The molecule has 1 aromatic rings. The average molecular weight is 398 g/mol. The van der Waals surface area contributed by atoms with E-state index in [1.54, 1.807) is 18.2 Å². The highest BCUT2D eigenvalue weighted by atomic mass is 35.5. The summed E-state index contributed by atoms with van der Waals surface area (Å²) in [6, 6.07) is 5.07. The van der Waals surface area contributed by atoms with Crippen molar-refractivity contribution in [2.24, 2.45) is 17.3 Å². The topological polar surface area (TPSA) is 70.2 Å². The molecule has 1 atom stereocenters. The molecule has 2 saturated carbocycles. The summed E-state index contributed by atoms with van der Waals surface area (Å²) in [5.74, 6) is 0.526. The number of nitrogens with one attached hydrogen (secondary N) is 3. The lowest BCUT2D eigenvalue weighted by Crippen LogP contribution is -2.32. The van der Waals surface area contributed by atoms with Gasteiger partial charge in [-0.3, -0.25) is 9.59 Å². The number of hydrogen-bond acceptors (Lipinski definition) is 3. The lowest BCUT2D eigenvalue weighted by molar-refractivity contribution is -0.118. The van der Waals surface area contributed by atoms with E-state index in [9.17, 15) is 9.59 Å². The lowest BCUT2D eigenvalue weighted by atomic mass is 9.91. The lowest BCUT2D eigenvalue weighted by Gasteiger charge is -2.23. The number of carbonyl (C=O) groups excluding carboxylic acids is 2. The van der Waals surface area contributed by atoms with E-state index < -0.39 is 0 Å². The fourth-order valence-electron chi connectivity index (χ4n) is 3.88. The fourth-order valence-corrected chi connectivity index (χ4v) is 4.06. The second kappa shape index (κ2) is 7.75. The van der Waals surface area contributed by atoms with Gasteiger partial charge in [-0.1, -0.05) is 11.6 Å². The predicted molar refractivity (Wildman–Crippen MR) is 105 cm³/mol. The van der Waals surface area contributed by atoms with Crippen molar-refractivity contribution >= 4 is 41.5 Å². The van der Waals surface area contributed by atoms with Crippen molar-refractivity contribution in [2.45, 2.75) is 32.1 Å². The number of anilines is 1. The molecule has 0 aromatic heterocycles. The Hall–Kier alpha value is -1.30. The number of rotatable bonds is 5. The van der Waals surface area contributed by atoms with Crippen LogP contribution in [-0.4, -0.2) is 31.4 Å². The minimum Gasteiger partial charge on any atom is -0.352 e. The molecule has 3 N–H and O–H groups in total. The van der Waals surface area contributed by atoms with Crippen molar-refractivity contribution in [3.8, 4) is 0 Å². The van der Waals surface area contributed by atoms with Gasteiger partial charge in [-0.2, -0.15) is 0 Å². The van der Waals surface area contributed by atoms with Crippen LogP contribution in [0, 0.1) is 17.3 Å². The van der Waals surface area contributed by atoms with Gasteiger partial charge in [0.2, 0.25) is 5.91 Å². The molecular weight excluding hydrogens is 373 g/mol. The molecule has 2 aliphatic carbocycles. The van der Waals surface area contributed by atoms with Crippen LogP contribution >= 0.6 is 24.0 Å². The first-order valence-electron chi connectivity index (χ1n) is 9.17. The fraction of sp³-hybridized carbons (Fsp3) is 0.579. The molecule has 3 fully saturated rings. The zero-order chi connectivity index (χ0) is 17.4. The molecule has 0 bridgehead atoms. The molecule has 1 spiro atoms. The monoisotopic (exact) mass is 397 g/mol. The molecule has 2 amide bonds. The third-order valence-corrected chi connectivity index (χ3v) is 6.07. The van der Waals surface area contributed by atoms with Crippen LogP contribution in [0.25, 0.3) is 0 Å². The summed E-state index contributed by atoms with van der Waals surface area (Å²) in [4.78, 5) is 25.2. The van der Waals surface area contributed by atoms with Gasteiger partial charge in [0.05, 0.1) is 11.3 Å². The normalized spacial score (nSPS) is 23.0. The Morgan fingerprint density at radius 2 is 1.96 bits per heavy atom. The number of hydrogen-bond donors (Lipinski definition) is 3. The molecule has 1 unspecified atom stereocenters. The summed E-state index contributed by atoms with van der Waals surface area (Å²) in [6.45, 7) is 2.66. The van der Waals surface area contributed by atoms with Gasteiger partial charge in [0.1, 0.15) is 0 Å². The Balaban J connectivity index is 0.00000196. The van der Waals surface area contributed by atoms with E-state index >= 15 is 0 Å². The molecule has 1 heterocycles. The van der Waals surface area contributed by atoms with Gasteiger partial charge < -0.3 is 16.0 Å². The van der Waals surface area contributed by atoms with Crippen LogP contribution in [0.4, 0.5) is 5.69 Å². The minimum absolute atomic E-state index is 0. The summed E-state index contributed by atoms with van der Waals surface area (Å²) < 4.78 is 0. The molecular formula is C19H25Cl2N3O2. The van der Waals surface area contributed by atoms with Crippen molar-refractivity contribution in [3.05, 3.63) is 28.8 Å². The highest BCUT2D eigenvalue weighted by molar-refractivity contribution is 6.31. The van der Waals surface area contributed by atoms with Gasteiger partial charge in [0, 0.05) is 17.5 Å². The SMILES string of the molecule is Cl.O=C(NCC1CC1)c1cc(Cl)ccc1NC(=O)C1CC12CCNCC2. The van der Waals surface area contributed by atoms with Crippen LogP contribution in [0.15, 0.2) is 18.2 Å². The second-order valence-corrected chi connectivity index (χ2v) is 8.14. The van der Waals surface area contributed by atoms with Crippen molar-refractivity contribution in [1.82, 2.24) is 10.6 Å². The Bertz CT molecular complexity index is 700. The molecule has 3 aliphatic rings. The van der Waals surface area contributed by atoms with E-state index in [1.807, 2.05) is 0 Å². The summed E-state index contributed by atoms with van der Waals surface area (Å²) in [6.07, 6.45) is 5.42. The van der Waals surface area contributed by atoms with Gasteiger partial charge in [0.15, 0.2) is 0 Å². The maximum Gasteiger partial charge on any atom is 0.253 e.